The summed E-state index contributed by atoms with van der Waals surface area (Å²) < 4.78 is 7.46. The van der Waals surface area contributed by atoms with Gasteiger partial charge in [0.25, 0.3) is 11.8 Å². The number of para-hydroxylation sites is 1. The van der Waals surface area contributed by atoms with Crippen molar-refractivity contribution in [1.29, 1.82) is 0 Å². The summed E-state index contributed by atoms with van der Waals surface area (Å²) in [6.45, 7) is 2.36. The maximum absolute atomic E-state index is 12.8. The van der Waals surface area contributed by atoms with Gasteiger partial charge in [-0.2, -0.15) is 4.98 Å². The highest BCUT2D eigenvalue weighted by molar-refractivity contribution is 7.80. The van der Waals surface area contributed by atoms with E-state index in [0.29, 0.717) is 18.3 Å². The molecule has 1 saturated heterocycles. The molecule has 0 unspecified atom stereocenters. The summed E-state index contributed by atoms with van der Waals surface area (Å²) in [5, 5.41) is 5.18. The van der Waals surface area contributed by atoms with Crippen LogP contribution in [0.4, 0.5) is 0 Å². The number of thiocarbonyl (C=S) groups is 1. The van der Waals surface area contributed by atoms with Crippen molar-refractivity contribution in [3.8, 4) is 11.4 Å². The minimum absolute atomic E-state index is 0.0564. The number of amides is 2. The number of carbonyl (C=O) groups is 2. The number of hydrogen-bond donors (Lipinski definition) is 0. The fraction of sp³-hybridized carbons (Fsp3) is 0.160. The second-order valence-corrected chi connectivity index (χ2v) is 8.54. The lowest BCUT2D eigenvalue weighted by molar-refractivity contribution is -0.132. The predicted molar refractivity (Wildman–Crippen MR) is 132 cm³/mol. The summed E-state index contributed by atoms with van der Waals surface area (Å²) in [5.41, 5.74) is 3.74. The Morgan fingerprint density at radius 2 is 1.68 bits per heavy atom. The molecule has 1 aliphatic rings. The van der Waals surface area contributed by atoms with Gasteiger partial charge in [-0.1, -0.05) is 53.2 Å². The zero-order valence-corrected chi connectivity index (χ0v) is 19.7. The third-order valence-corrected chi connectivity index (χ3v) is 6.39. The average Bonchev–Trinajstić information content (AvgIpc) is 3.45. The fourth-order valence-corrected chi connectivity index (χ4v) is 4.10. The van der Waals surface area contributed by atoms with E-state index in [1.807, 2.05) is 66.2 Å². The normalized spacial score (nSPS) is 14.4. The molecular formula is C25H21N5O3S. The zero-order valence-electron chi connectivity index (χ0n) is 18.8. The second kappa shape index (κ2) is 8.35. The molecule has 2 aromatic heterocycles. The molecule has 0 saturated carbocycles. The number of aromatic nitrogens is 3. The van der Waals surface area contributed by atoms with E-state index < -0.39 is 11.8 Å². The monoisotopic (exact) mass is 471 g/mol. The van der Waals surface area contributed by atoms with E-state index in [1.54, 1.807) is 20.2 Å². The molecule has 2 amide bonds. The van der Waals surface area contributed by atoms with E-state index in [1.165, 1.54) is 9.80 Å². The highest BCUT2D eigenvalue weighted by Gasteiger charge is 2.35. The van der Waals surface area contributed by atoms with Crippen molar-refractivity contribution >= 4 is 46.1 Å². The Labute approximate surface area is 201 Å². The second-order valence-electron chi connectivity index (χ2n) is 8.18. The topological polar surface area (TPSA) is 84.5 Å². The molecule has 2 aromatic carbocycles. The van der Waals surface area contributed by atoms with E-state index in [-0.39, 0.29) is 10.7 Å². The lowest BCUT2D eigenvalue weighted by Gasteiger charge is -2.31. The summed E-state index contributed by atoms with van der Waals surface area (Å²) in [6, 6.07) is 15.7. The molecule has 4 aromatic rings. The summed E-state index contributed by atoms with van der Waals surface area (Å²) in [7, 11) is 3.12. The zero-order chi connectivity index (χ0) is 24.0. The average molecular weight is 472 g/mol. The third-order valence-electron chi connectivity index (χ3n) is 5.85. The van der Waals surface area contributed by atoms with E-state index in [0.717, 1.165) is 27.6 Å². The number of aryl methyl sites for hydroxylation is 1. The van der Waals surface area contributed by atoms with E-state index in [4.69, 9.17) is 16.7 Å². The maximum atomic E-state index is 12.8. The van der Waals surface area contributed by atoms with Gasteiger partial charge in [0.05, 0.1) is 0 Å². The maximum Gasteiger partial charge on any atom is 0.265 e. The molecule has 170 valence electrons. The Morgan fingerprint density at radius 3 is 2.38 bits per heavy atom. The molecule has 1 aliphatic heterocycles. The SMILES string of the molecule is Cc1ccc(-c2noc(Cn3cc(C=C4C(=O)N(C)C(=S)N(C)C4=O)c4ccccc43)n2)cc1. The number of fused-ring (bicyclic) bond motifs is 1. The van der Waals surface area contributed by atoms with Crippen LogP contribution in [0.1, 0.15) is 17.0 Å². The lowest BCUT2D eigenvalue weighted by atomic mass is 10.1. The standard InChI is InChI=1S/C25H21N5O3S/c1-15-8-10-16(11-9-15)22-26-21(33-27-22)14-30-13-17(18-6-4-5-7-20(18)30)12-19-23(31)28(2)25(34)29(3)24(19)32/h4-13H,14H2,1-3H3. The molecule has 0 atom stereocenters. The van der Waals surface area contributed by atoms with Crippen molar-refractivity contribution < 1.29 is 14.1 Å². The number of nitrogens with zero attached hydrogens (tertiary/aromatic N) is 5. The van der Waals surface area contributed by atoms with Crippen LogP contribution in [0.15, 0.2) is 64.8 Å². The van der Waals surface area contributed by atoms with Crippen LogP contribution in [-0.2, 0) is 16.1 Å². The van der Waals surface area contributed by atoms with Crippen LogP contribution < -0.4 is 0 Å². The number of carbonyl (C=O) groups excluding carboxylic acids is 2. The van der Waals surface area contributed by atoms with Crippen LogP contribution in [0.2, 0.25) is 0 Å². The van der Waals surface area contributed by atoms with E-state index >= 15 is 0 Å². The van der Waals surface area contributed by atoms with Gasteiger partial charge in [-0.25, -0.2) is 0 Å². The summed E-state index contributed by atoms with van der Waals surface area (Å²) >= 11 is 5.18. The lowest BCUT2D eigenvalue weighted by Crippen LogP contribution is -2.52. The van der Waals surface area contributed by atoms with Gasteiger partial charge in [-0.05, 0) is 31.3 Å². The van der Waals surface area contributed by atoms with E-state index in [9.17, 15) is 9.59 Å². The van der Waals surface area contributed by atoms with Crippen molar-refractivity contribution in [3.05, 3.63) is 77.3 Å². The Hall–Kier alpha value is -4.11. The third kappa shape index (κ3) is 3.69. The molecular weight excluding hydrogens is 450 g/mol. The van der Waals surface area contributed by atoms with Crippen LogP contribution in [-0.4, -0.2) is 55.5 Å². The van der Waals surface area contributed by atoms with Crippen LogP contribution in [0.25, 0.3) is 28.4 Å². The van der Waals surface area contributed by atoms with Gasteiger partial charge in [0.1, 0.15) is 12.1 Å². The Balaban J connectivity index is 1.51. The molecule has 34 heavy (non-hydrogen) atoms. The minimum Gasteiger partial charge on any atom is -0.337 e. The van der Waals surface area contributed by atoms with Crippen LogP contribution in [0.5, 0.6) is 0 Å². The first-order chi connectivity index (χ1) is 16.3. The van der Waals surface area contributed by atoms with E-state index in [2.05, 4.69) is 10.1 Å². The smallest absolute Gasteiger partial charge is 0.265 e. The predicted octanol–water partition coefficient (Wildman–Crippen LogP) is 3.65. The number of hydrogen-bond acceptors (Lipinski definition) is 6. The minimum atomic E-state index is -0.426. The molecule has 1 fully saturated rings. The first-order valence-electron chi connectivity index (χ1n) is 10.6. The van der Waals surface area contributed by atoms with Crippen molar-refractivity contribution in [2.75, 3.05) is 14.1 Å². The van der Waals surface area contributed by atoms with Gasteiger partial charge in [0, 0.05) is 42.3 Å². The van der Waals surface area contributed by atoms with Crippen LogP contribution in [0.3, 0.4) is 0 Å². The summed E-state index contributed by atoms with van der Waals surface area (Å²) in [5.74, 6) is 0.119. The first kappa shape index (κ1) is 21.7. The molecule has 0 spiro atoms. The highest BCUT2D eigenvalue weighted by Crippen LogP contribution is 2.27. The van der Waals surface area contributed by atoms with Gasteiger partial charge < -0.3 is 9.09 Å². The van der Waals surface area contributed by atoms with Crippen molar-refractivity contribution in [2.24, 2.45) is 0 Å². The quantitative estimate of drug-likeness (QED) is 0.257. The van der Waals surface area contributed by atoms with Crippen molar-refractivity contribution in [1.82, 2.24) is 24.5 Å². The highest BCUT2D eigenvalue weighted by atomic mass is 32.1. The summed E-state index contributed by atoms with van der Waals surface area (Å²) in [6.07, 6.45) is 3.49. The van der Waals surface area contributed by atoms with Gasteiger partial charge in [0.15, 0.2) is 5.11 Å². The molecule has 5 rings (SSSR count). The molecule has 0 radical (unpaired) electrons. The molecule has 0 bridgehead atoms. The van der Waals surface area contributed by atoms with Crippen molar-refractivity contribution in [2.45, 2.75) is 13.5 Å². The fourth-order valence-electron chi connectivity index (χ4n) is 3.94. The number of benzene rings is 2. The van der Waals surface area contributed by atoms with Gasteiger partial charge >= 0.3 is 0 Å². The van der Waals surface area contributed by atoms with Gasteiger partial charge in [-0.15, -0.1) is 0 Å². The van der Waals surface area contributed by atoms with Gasteiger partial charge in [0.2, 0.25) is 11.7 Å². The molecule has 8 nitrogen and oxygen atoms in total. The first-order valence-corrected chi connectivity index (χ1v) is 11.0. The Kier molecular flexibility index (Phi) is 5.33. The molecule has 3 heterocycles. The largest absolute Gasteiger partial charge is 0.337 e. The molecule has 0 N–H and O–H groups in total. The molecule has 0 aliphatic carbocycles. The Bertz CT molecular complexity index is 1460. The van der Waals surface area contributed by atoms with Gasteiger partial charge in [-0.3, -0.25) is 19.4 Å². The van der Waals surface area contributed by atoms with Crippen molar-refractivity contribution in [3.63, 3.8) is 0 Å². The molecule has 9 heteroatoms. The van der Waals surface area contributed by atoms with Crippen LogP contribution in [0, 0.1) is 6.92 Å². The number of likely N-dealkylation sites (N-methyl/N-ethyl adjacent to an activating group) is 2. The Morgan fingerprint density at radius 1 is 1.00 bits per heavy atom. The van der Waals surface area contributed by atoms with Crippen LogP contribution >= 0.6 is 12.2 Å². The summed E-state index contributed by atoms with van der Waals surface area (Å²) in [4.78, 5) is 32.7. The number of rotatable bonds is 4.